The Morgan fingerprint density at radius 3 is 2.52 bits per heavy atom. The van der Waals surface area contributed by atoms with Crippen LogP contribution in [0.25, 0.3) is 11.1 Å². The number of carbonyl (C=O) groups is 1. The van der Waals surface area contributed by atoms with Crippen LogP contribution in [0.5, 0.6) is 0 Å². The first-order valence-electron chi connectivity index (χ1n) is 6.85. The second kappa shape index (κ2) is 7.25. The number of nitriles is 1. The molecule has 0 heterocycles. The van der Waals surface area contributed by atoms with Crippen LogP contribution < -0.4 is 0 Å². The van der Waals surface area contributed by atoms with Crippen molar-refractivity contribution in [3.05, 3.63) is 59.7 Å². The highest BCUT2D eigenvalue weighted by Crippen LogP contribution is 2.24. The predicted molar refractivity (Wildman–Crippen MR) is 81.5 cm³/mol. The van der Waals surface area contributed by atoms with Crippen molar-refractivity contribution >= 4 is 5.97 Å². The molecular weight excluding hydrogens is 262 g/mol. The van der Waals surface area contributed by atoms with Crippen LogP contribution >= 0.6 is 0 Å². The van der Waals surface area contributed by atoms with Crippen molar-refractivity contribution in [1.29, 1.82) is 5.26 Å². The quantitative estimate of drug-likeness (QED) is 0.787. The van der Waals surface area contributed by atoms with Gasteiger partial charge in [0.05, 0.1) is 19.6 Å². The molecule has 3 heteroatoms. The first kappa shape index (κ1) is 14.8. The summed E-state index contributed by atoms with van der Waals surface area (Å²) in [4.78, 5) is 11.1. The monoisotopic (exact) mass is 279 g/mol. The van der Waals surface area contributed by atoms with E-state index >= 15 is 0 Å². The molecule has 0 aliphatic carbocycles. The van der Waals surface area contributed by atoms with Gasteiger partial charge in [-0.3, -0.25) is 4.79 Å². The highest BCUT2D eigenvalue weighted by Gasteiger charge is 2.05. The van der Waals surface area contributed by atoms with E-state index in [1.165, 1.54) is 7.11 Å². The van der Waals surface area contributed by atoms with Crippen LogP contribution in [-0.4, -0.2) is 13.1 Å². The summed E-state index contributed by atoms with van der Waals surface area (Å²) in [6.07, 6.45) is 1.47. The first-order chi connectivity index (χ1) is 10.2. The van der Waals surface area contributed by atoms with Gasteiger partial charge in [0.1, 0.15) is 0 Å². The highest BCUT2D eigenvalue weighted by atomic mass is 16.5. The van der Waals surface area contributed by atoms with E-state index in [2.05, 4.69) is 10.8 Å². The average molecular weight is 279 g/mol. The minimum atomic E-state index is -0.196. The molecule has 0 fully saturated rings. The lowest BCUT2D eigenvalue weighted by atomic mass is 9.96. The number of benzene rings is 2. The average Bonchev–Trinajstić information content (AvgIpc) is 2.54. The van der Waals surface area contributed by atoms with Crippen molar-refractivity contribution < 1.29 is 9.53 Å². The van der Waals surface area contributed by atoms with E-state index in [0.29, 0.717) is 19.3 Å². The molecule has 0 aliphatic heterocycles. The zero-order chi connectivity index (χ0) is 15.1. The fourth-order valence-electron chi connectivity index (χ4n) is 2.24. The van der Waals surface area contributed by atoms with Crippen molar-refractivity contribution in [3.8, 4) is 17.2 Å². The van der Waals surface area contributed by atoms with Crippen LogP contribution in [0.4, 0.5) is 0 Å². The standard InChI is InChI=1S/C18H17NO2/c1-21-18(20)11-8-14-6-9-16(10-7-14)17-5-3-2-4-15(17)12-13-19/h2-7,9-10H,8,11-12H2,1H3. The molecule has 0 spiro atoms. The zero-order valence-electron chi connectivity index (χ0n) is 12.0. The molecule has 0 aliphatic rings. The molecule has 2 rings (SSSR count). The molecule has 0 amide bonds. The topological polar surface area (TPSA) is 50.1 Å². The van der Waals surface area contributed by atoms with Gasteiger partial charge in [0, 0.05) is 6.42 Å². The van der Waals surface area contributed by atoms with Gasteiger partial charge in [-0.15, -0.1) is 0 Å². The molecule has 0 atom stereocenters. The number of aryl methyl sites for hydroxylation is 1. The summed E-state index contributed by atoms with van der Waals surface area (Å²) in [7, 11) is 1.40. The summed E-state index contributed by atoms with van der Waals surface area (Å²) in [6.45, 7) is 0. The van der Waals surface area contributed by atoms with Gasteiger partial charge in [-0.1, -0.05) is 48.5 Å². The largest absolute Gasteiger partial charge is 0.469 e. The van der Waals surface area contributed by atoms with E-state index in [4.69, 9.17) is 5.26 Å². The van der Waals surface area contributed by atoms with Gasteiger partial charge < -0.3 is 4.74 Å². The number of methoxy groups -OCH3 is 1. The van der Waals surface area contributed by atoms with E-state index in [1.807, 2.05) is 48.5 Å². The third-order valence-electron chi connectivity index (χ3n) is 3.40. The molecule has 2 aromatic rings. The summed E-state index contributed by atoms with van der Waals surface area (Å²) in [6, 6.07) is 18.2. The second-order valence-electron chi connectivity index (χ2n) is 4.77. The highest BCUT2D eigenvalue weighted by molar-refractivity contribution is 5.70. The number of ether oxygens (including phenoxy) is 1. The van der Waals surface area contributed by atoms with Crippen LogP contribution in [-0.2, 0) is 22.4 Å². The third kappa shape index (κ3) is 3.93. The lowest BCUT2D eigenvalue weighted by Crippen LogP contribution is -2.01. The third-order valence-corrected chi connectivity index (χ3v) is 3.40. The van der Waals surface area contributed by atoms with E-state index in [-0.39, 0.29) is 5.97 Å². The molecule has 106 valence electrons. The molecule has 0 saturated carbocycles. The Morgan fingerprint density at radius 2 is 1.86 bits per heavy atom. The lowest BCUT2D eigenvalue weighted by Gasteiger charge is -2.08. The Morgan fingerprint density at radius 1 is 1.14 bits per heavy atom. The summed E-state index contributed by atoms with van der Waals surface area (Å²) in [5.41, 5.74) is 4.30. The number of nitrogens with zero attached hydrogens (tertiary/aromatic N) is 1. The molecule has 0 bridgehead atoms. The summed E-state index contributed by atoms with van der Waals surface area (Å²) in [5.74, 6) is -0.196. The maximum atomic E-state index is 11.1. The SMILES string of the molecule is COC(=O)CCc1ccc(-c2ccccc2CC#N)cc1. The number of esters is 1. The van der Waals surface area contributed by atoms with Crippen molar-refractivity contribution in [2.75, 3.05) is 7.11 Å². The summed E-state index contributed by atoms with van der Waals surface area (Å²) in [5, 5.41) is 8.89. The van der Waals surface area contributed by atoms with Crippen LogP contribution in [0.2, 0.25) is 0 Å². The summed E-state index contributed by atoms with van der Waals surface area (Å²) < 4.78 is 4.64. The van der Waals surface area contributed by atoms with Crippen molar-refractivity contribution in [2.24, 2.45) is 0 Å². The normalized spacial score (nSPS) is 9.90. The van der Waals surface area contributed by atoms with Gasteiger partial charge in [-0.05, 0) is 28.7 Å². The van der Waals surface area contributed by atoms with Gasteiger partial charge >= 0.3 is 5.97 Å². The molecule has 3 nitrogen and oxygen atoms in total. The number of rotatable bonds is 5. The lowest BCUT2D eigenvalue weighted by molar-refractivity contribution is -0.140. The van der Waals surface area contributed by atoms with Gasteiger partial charge in [0.25, 0.3) is 0 Å². The molecule has 0 N–H and O–H groups in total. The van der Waals surface area contributed by atoms with Gasteiger partial charge in [-0.2, -0.15) is 5.26 Å². The van der Waals surface area contributed by atoms with E-state index in [1.54, 1.807) is 0 Å². The van der Waals surface area contributed by atoms with E-state index in [9.17, 15) is 4.79 Å². The van der Waals surface area contributed by atoms with Gasteiger partial charge in [0.2, 0.25) is 0 Å². The molecule has 0 unspecified atom stereocenters. The first-order valence-corrected chi connectivity index (χ1v) is 6.85. The molecule has 0 aromatic heterocycles. The Labute approximate surface area is 124 Å². The van der Waals surface area contributed by atoms with Crippen LogP contribution in [0.3, 0.4) is 0 Å². The van der Waals surface area contributed by atoms with Crippen molar-refractivity contribution in [3.63, 3.8) is 0 Å². The molecular formula is C18H17NO2. The molecule has 2 aromatic carbocycles. The second-order valence-corrected chi connectivity index (χ2v) is 4.77. The van der Waals surface area contributed by atoms with Gasteiger partial charge in [-0.25, -0.2) is 0 Å². The van der Waals surface area contributed by atoms with Crippen LogP contribution in [0, 0.1) is 11.3 Å². The number of hydrogen-bond donors (Lipinski definition) is 0. The Bertz CT molecular complexity index is 654. The Balaban J connectivity index is 2.16. The maximum Gasteiger partial charge on any atom is 0.305 e. The minimum Gasteiger partial charge on any atom is -0.469 e. The fourth-order valence-corrected chi connectivity index (χ4v) is 2.24. The molecule has 21 heavy (non-hydrogen) atoms. The molecule has 0 saturated heterocycles. The van der Waals surface area contributed by atoms with Crippen LogP contribution in [0.15, 0.2) is 48.5 Å². The molecule has 0 radical (unpaired) electrons. The Kier molecular flexibility index (Phi) is 5.11. The van der Waals surface area contributed by atoms with Gasteiger partial charge in [0.15, 0.2) is 0 Å². The smallest absolute Gasteiger partial charge is 0.305 e. The van der Waals surface area contributed by atoms with Crippen molar-refractivity contribution in [1.82, 2.24) is 0 Å². The summed E-state index contributed by atoms with van der Waals surface area (Å²) >= 11 is 0. The number of carbonyl (C=O) groups excluding carboxylic acids is 1. The predicted octanol–water partition coefficient (Wildman–Crippen LogP) is 3.53. The minimum absolute atomic E-state index is 0.196. The van der Waals surface area contributed by atoms with E-state index in [0.717, 1.165) is 22.3 Å². The number of hydrogen-bond acceptors (Lipinski definition) is 3. The fraction of sp³-hybridized carbons (Fsp3) is 0.222. The maximum absolute atomic E-state index is 11.1. The van der Waals surface area contributed by atoms with Crippen LogP contribution in [0.1, 0.15) is 17.5 Å². The Hall–Kier alpha value is -2.60. The van der Waals surface area contributed by atoms with E-state index < -0.39 is 0 Å². The zero-order valence-corrected chi connectivity index (χ0v) is 12.0. The van der Waals surface area contributed by atoms with Crippen molar-refractivity contribution in [2.45, 2.75) is 19.3 Å².